The van der Waals surface area contributed by atoms with Crippen LogP contribution in [0.25, 0.3) is 0 Å². The molecule has 0 spiro atoms. The highest BCUT2D eigenvalue weighted by atomic mass is 32.2. The number of carbonyl (C=O) groups is 2. The van der Waals surface area contributed by atoms with Gasteiger partial charge in [0.1, 0.15) is 0 Å². The second kappa shape index (κ2) is 6.44. The molecular formula is C12H18N4O5S. The number of piperazine rings is 1. The van der Waals surface area contributed by atoms with Gasteiger partial charge in [-0.15, -0.1) is 0 Å². The quantitative estimate of drug-likeness (QED) is 0.747. The maximum absolute atomic E-state index is 12.1. The van der Waals surface area contributed by atoms with Gasteiger partial charge in [-0.25, -0.2) is 13.2 Å². The van der Waals surface area contributed by atoms with Crippen molar-refractivity contribution in [3.05, 3.63) is 18.0 Å². The summed E-state index contributed by atoms with van der Waals surface area (Å²) in [6, 6.07) is 0. The van der Waals surface area contributed by atoms with Crippen molar-refractivity contribution < 1.29 is 23.1 Å². The molecule has 1 N–H and O–H groups in total. The Morgan fingerprint density at radius 1 is 1.27 bits per heavy atom. The Kier molecular flexibility index (Phi) is 4.81. The summed E-state index contributed by atoms with van der Waals surface area (Å²) in [6.45, 7) is 1.63. The molecule has 122 valence electrons. The molecule has 1 aromatic heterocycles. The van der Waals surface area contributed by atoms with Crippen molar-refractivity contribution in [2.24, 2.45) is 0 Å². The van der Waals surface area contributed by atoms with E-state index in [-0.39, 0.29) is 17.9 Å². The fraction of sp³-hybridized carbons (Fsp3) is 0.583. The first-order chi connectivity index (χ1) is 10.3. The largest absolute Gasteiger partial charge is 0.478 e. The molecule has 1 saturated heterocycles. The molecule has 0 atom stereocenters. The Morgan fingerprint density at radius 3 is 2.41 bits per heavy atom. The molecule has 0 aliphatic carbocycles. The Hall–Kier alpha value is -1.94. The van der Waals surface area contributed by atoms with E-state index in [2.05, 4.69) is 5.10 Å². The highest BCUT2D eigenvalue weighted by Crippen LogP contribution is 2.08. The van der Waals surface area contributed by atoms with Gasteiger partial charge in [-0.05, 0) is 0 Å². The monoisotopic (exact) mass is 330 g/mol. The standard InChI is InChI=1S/C12H18N4O5S/c1-22(20,21)16-6-4-14(5-7-16)11(17)2-3-15-9-10(8-13-15)12(18)19/h8-9H,2-7H2,1H3,(H,18,19). The van der Waals surface area contributed by atoms with Crippen LogP contribution >= 0.6 is 0 Å². The van der Waals surface area contributed by atoms with Gasteiger partial charge in [-0.2, -0.15) is 9.40 Å². The lowest BCUT2D eigenvalue weighted by molar-refractivity contribution is -0.132. The minimum Gasteiger partial charge on any atom is -0.478 e. The third-order valence-corrected chi connectivity index (χ3v) is 4.80. The van der Waals surface area contributed by atoms with Crippen LogP contribution in [-0.4, -0.2) is 76.8 Å². The lowest BCUT2D eigenvalue weighted by Gasteiger charge is -2.33. The Balaban J connectivity index is 1.82. The molecule has 22 heavy (non-hydrogen) atoms. The predicted molar refractivity (Wildman–Crippen MR) is 76.8 cm³/mol. The second-order valence-corrected chi connectivity index (χ2v) is 7.07. The molecule has 1 fully saturated rings. The van der Waals surface area contributed by atoms with Crippen LogP contribution in [0.3, 0.4) is 0 Å². The molecule has 1 aliphatic heterocycles. The summed E-state index contributed by atoms with van der Waals surface area (Å²) in [5, 5.41) is 12.7. The fourth-order valence-electron chi connectivity index (χ4n) is 2.23. The summed E-state index contributed by atoms with van der Waals surface area (Å²) >= 11 is 0. The highest BCUT2D eigenvalue weighted by Gasteiger charge is 2.25. The number of sulfonamides is 1. The molecule has 1 aliphatic rings. The number of carboxylic acid groups (broad SMARTS) is 1. The van der Waals surface area contributed by atoms with E-state index < -0.39 is 16.0 Å². The zero-order valence-corrected chi connectivity index (χ0v) is 13.0. The lowest BCUT2D eigenvalue weighted by Crippen LogP contribution is -2.50. The summed E-state index contributed by atoms with van der Waals surface area (Å²) in [7, 11) is -3.21. The van der Waals surface area contributed by atoms with Crippen LogP contribution in [0.15, 0.2) is 12.4 Å². The van der Waals surface area contributed by atoms with E-state index in [4.69, 9.17) is 5.11 Å². The van der Waals surface area contributed by atoms with E-state index in [9.17, 15) is 18.0 Å². The van der Waals surface area contributed by atoms with Gasteiger partial charge in [0.15, 0.2) is 0 Å². The van der Waals surface area contributed by atoms with Gasteiger partial charge in [-0.3, -0.25) is 9.48 Å². The van der Waals surface area contributed by atoms with E-state index in [1.165, 1.54) is 21.4 Å². The molecule has 10 heteroatoms. The van der Waals surface area contributed by atoms with Crippen molar-refractivity contribution >= 4 is 21.9 Å². The SMILES string of the molecule is CS(=O)(=O)N1CCN(C(=O)CCn2cc(C(=O)O)cn2)CC1. The number of amides is 1. The average molecular weight is 330 g/mol. The minimum atomic E-state index is -3.21. The third kappa shape index (κ3) is 4.04. The average Bonchev–Trinajstić information content (AvgIpc) is 2.93. The van der Waals surface area contributed by atoms with Gasteiger partial charge >= 0.3 is 5.97 Å². The number of nitrogens with zero attached hydrogens (tertiary/aromatic N) is 4. The maximum Gasteiger partial charge on any atom is 0.338 e. The predicted octanol–water partition coefficient (Wildman–Crippen LogP) is -0.925. The van der Waals surface area contributed by atoms with Crippen molar-refractivity contribution in [3.63, 3.8) is 0 Å². The van der Waals surface area contributed by atoms with Crippen molar-refractivity contribution in [2.45, 2.75) is 13.0 Å². The molecule has 0 unspecified atom stereocenters. The number of aromatic carboxylic acids is 1. The topological polar surface area (TPSA) is 113 Å². The molecule has 0 radical (unpaired) electrons. The second-order valence-electron chi connectivity index (χ2n) is 5.09. The molecule has 2 heterocycles. The first kappa shape index (κ1) is 16.4. The Morgan fingerprint density at radius 2 is 1.91 bits per heavy atom. The Labute approximate surface area is 128 Å². The van der Waals surface area contributed by atoms with Crippen LogP contribution in [0, 0.1) is 0 Å². The normalized spacial score (nSPS) is 16.7. The first-order valence-corrected chi connectivity index (χ1v) is 8.61. The van der Waals surface area contributed by atoms with E-state index >= 15 is 0 Å². The number of hydrogen-bond acceptors (Lipinski definition) is 5. The number of carboxylic acids is 1. The number of rotatable bonds is 5. The van der Waals surface area contributed by atoms with Crippen molar-refractivity contribution in [1.82, 2.24) is 19.0 Å². The lowest BCUT2D eigenvalue weighted by atomic mass is 10.3. The maximum atomic E-state index is 12.1. The van der Waals surface area contributed by atoms with Crippen LogP contribution in [0.2, 0.25) is 0 Å². The van der Waals surface area contributed by atoms with Gasteiger partial charge in [0.05, 0.1) is 18.0 Å². The number of carbonyl (C=O) groups excluding carboxylic acids is 1. The van der Waals surface area contributed by atoms with Gasteiger partial charge in [0.25, 0.3) is 0 Å². The smallest absolute Gasteiger partial charge is 0.338 e. The van der Waals surface area contributed by atoms with Crippen LogP contribution in [0.1, 0.15) is 16.8 Å². The van der Waals surface area contributed by atoms with Crippen LogP contribution in [0.5, 0.6) is 0 Å². The van der Waals surface area contributed by atoms with Crippen molar-refractivity contribution in [1.29, 1.82) is 0 Å². The third-order valence-electron chi connectivity index (χ3n) is 3.50. The first-order valence-electron chi connectivity index (χ1n) is 6.76. The summed E-state index contributed by atoms with van der Waals surface area (Å²) in [6.07, 6.45) is 3.96. The van der Waals surface area contributed by atoms with Gasteiger partial charge < -0.3 is 10.0 Å². The van der Waals surface area contributed by atoms with E-state index in [0.29, 0.717) is 32.7 Å². The fourth-order valence-corrected chi connectivity index (χ4v) is 3.06. The van der Waals surface area contributed by atoms with Crippen LogP contribution in [-0.2, 0) is 21.4 Å². The zero-order valence-electron chi connectivity index (χ0n) is 12.2. The van der Waals surface area contributed by atoms with Gasteiger partial charge in [-0.1, -0.05) is 0 Å². The number of aryl methyl sites for hydroxylation is 1. The molecule has 9 nitrogen and oxygen atoms in total. The summed E-state index contributed by atoms with van der Waals surface area (Å²) in [5.74, 6) is -1.16. The van der Waals surface area contributed by atoms with Crippen LogP contribution in [0.4, 0.5) is 0 Å². The van der Waals surface area contributed by atoms with Gasteiger partial charge in [0, 0.05) is 45.3 Å². The molecule has 0 aromatic carbocycles. The minimum absolute atomic E-state index is 0.0780. The number of aromatic nitrogens is 2. The molecule has 1 amide bonds. The van der Waals surface area contributed by atoms with Gasteiger partial charge in [0.2, 0.25) is 15.9 Å². The van der Waals surface area contributed by atoms with E-state index in [1.807, 2.05) is 0 Å². The summed E-state index contributed by atoms with van der Waals surface area (Å²) < 4.78 is 25.5. The molecule has 0 bridgehead atoms. The van der Waals surface area contributed by atoms with Crippen LogP contribution < -0.4 is 0 Å². The highest BCUT2D eigenvalue weighted by molar-refractivity contribution is 7.88. The number of hydrogen-bond donors (Lipinski definition) is 1. The van der Waals surface area contributed by atoms with Crippen molar-refractivity contribution in [3.8, 4) is 0 Å². The Bertz CT molecular complexity index is 661. The molecular weight excluding hydrogens is 312 g/mol. The summed E-state index contributed by atoms with van der Waals surface area (Å²) in [5.41, 5.74) is 0.0780. The molecule has 1 aromatic rings. The zero-order chi connectivity index (χ0) is 16.3. The van der Waals surface area contributed by atoms with Crippen molar-refractivity contribution in [2.75, 3.05) is 32.4 Å². The molecule has 0 saturated carbocycles. The summed E-state index contributed by atoms with van der Waals surface area (Å²) in [4.78, 5) is 24.4. The van der Waals surface area contributed by atoms with E-state index in [1.54, 1.807) is 4.90 Å². The molecule has 2 rings (SSSR count). The van der Waals surface area contributed by atoms with E-state index in [0.717, 1.165) is 6.26 Å².